The van der Waals surface area contributed by atoms with Crippen molar-refractivity contribution in [1.29, 1.82) is 0 Å². The van der Waals surface area contributed by atoms with Crippen molar-refractivity contribution >= 4 is 28.0 Å². The van der Waals surface area contributed by atoms with Gasteiger partial charge in [0.2, 0.25) is 0 Å². The van der Waals surface area contributed by atoms with Crippen molar-refractivity contribution in [1.82, 2.24) is 0 Å². The molecule has 0 saturated carbocycles. The van der Waals surface area contributed by atoms with E-state index in [1.165, 1.54) is 12.1 Å². The summed E-state index contributed by atoms with van der Waals surface area (Å²) in [6.45, 7) is 2.29. The maximum atomic E-state index is 13.7. The Morgan fingerprint density at radius 1 is 1.29 bits per heavy atom. The Hall–Kier alpha value is -2.34. The Balaban J connectivity index is 2.27. The second-order valence-electron chi connectivity index (χ2n) is 4.81. The van der Waals surface area contributed by atoms with Crippen LogP contribution >= 0.6 is 15.9 Å². The molecule has 0 aliphatic rings. The molecule has 0 radical (unpaired) electrons. The van der Waals surface area contributed by atoms with E-state index >= 15 is 0 Å². The number of rotatable bonds is 7. The van der Waals surface area contributed by atoms with Crippen LogP contribution in [0.3, 0.4) is 0 Å². The van der Waals surface area contributed by atoms with Gasteiger partial charge >= 0.3 is 5.97 Å². The quantitative estimate of drug-likeness (QED) is 0.693. The summed E-state index contributed by atoms with van der Waals surface area (Å²) < 4.78 is 25.6. The molecule has 24 heavy (non-hydrogen) atoms. The molecule has 0 aromatic heterocycles. The molecule has 0 atom stereocenters. The molecule has 4 nitrogen and oxygen atoms in total. The molecule has 2 aromatic rings. The summed E-state index contributed by atoms with van der Waals surface area (Å²) in [6, 6.07) is 9.75. The largest absolute Gasteiger partial charge is 0.490 e. The lowest BCUT2D eigenvalue weighted by atomic mass is 10.2. The predicted molar refractivity (Wildman–Crippen MR) is 92.7 cm³/mol. The Morgan fingerprint density at radius 2 is 2.04 bits per heavy atom. The van der Waals surface area contributed by atoms with E-state index in [4.69, 9.17) is 14.6 Å². The van der Waals surface area contributed by atoms with Gasteiger partial charge in [-0.3, -0.25) is 0 Å². The highest BCUT2D eigenvalue weighted by molar-refractivity contribution is 9.10. The number of carboxylic acid groups (broad SMARTS) is 1. The normalized spacial score (nSPS) is 10.8. The lowest BCUT2D eigenvalue weighted by Gasteiger charge is -2.15. The zero-order valence-electron chi connectivity index (χ0n) is 13.0. The van der Waals surface area contributed by atoms with Crippen LogP contribution in [0, 0.1) is 5.82 Å². The van der Waals surface area contributed by atoms with Gasteiger partial charge in [0.05, 0.1) is 11.1 Å². The molecule has 126 valence electrons. The highest BCUT2D eigenvalue weighted by Gasteiger charge is 2.13. The van der Waals surface area contributed by atoms with Gasteiger partial charge in [-0.05, 0) is 52.7 Å². The number of hydrogen-bond donors (Lipinski definition) is 1. The summed E-state index contributed by atoms with van der Waals surface area (Å²) in [7, 11) is 0. The van der Waals surface area contributed by atoms with Crippen LogP contribution < -0.4 is 9.47 Å². The Morgan fingerprint density at radius 3 is 2.71 bits per heavy atom. The lowest BCUT2D eigenvalue weighted by molar-refractivity contribution is -0.131. The van der Waals surface area contributed by atoms with Crippen LogP contribution in [0.25, 0.3) is 6.08 Å². The predicted octanol–water partition coefficient (Wildman–Crippen LogP) is 4.66. The first-order chi connectivity index (χ1) is 11.5. The molecule has 0 heterocycles. The molecule has 0 amide bonds. The van der Waals surface area contributed by atoms with Gasteiger partial charge in [0, 0.05) is 11.6 Å². The van der Waals surface area contributed by atoms with Crippen LogP contribution in [0.4, 0.5) is 4.39 Å². The average molecular weight is 395 g/mol. The minimum atomic E-state index is -1.04. The van der Waals surface area contributed by atoms with E-state index in [1.807, 2.05) is 6.92 Å². The standard InChI is InChI=1S/C18H16BrFO4/c1-2-23-16-10-12(7-8-17(21)22)9-14(19)18(16)24-11-13-5-3-4-6-15(13)20/h3-10H,2,11H2,1H3,(H,21,22). The minimum absolute atomic E-state index is 0.0512. The molecule has 1 N–H and O–H groups in total. The van der Waals surface area contributed by atoms with Crippen LogP contribution in [0.2, 0.25) is 0 Å². The number of aliphatic carboxylic acids is 1. The van der Waals surface area contributed by atoms with E-state index < -0.39 is 5.97 Å². The number of halogens is 2. The van der Waals surface area contributed by atoms with E-state index in [2.05, 4.69) is 15.9 Å². The number of carboxylic acids is 1. The van der Waals surface area contributed by atoms with Gasteiger partial charge in [0.1, 0.15) is 12.4 Å². The third-order valence-corrected chi connectivity index (χ3v) is 3.67. The molecule has 0 saturated heterocycles. The minimum Gasteiger partial charge on any atom is -0.490 e. The van der Waals surface area contributed by atoms with Crippen molar-refractivity contribution in [3.8, 4) is 11.5 Å². The van der Waals surface area contributed by atoms with Crippen LogP contribution in [-0.2, 0) is 11.4 Å². The SMILES string of the molecule is CCOc1cc(C=CC(=O)O)cc(Br)c1OCc1ccccc1F. The van der Waals surface area contributed by atoms with Crippen LogP contribution in [0.5, 0.6) is 11.5 Å². The maximum Gasteiger partial charge on any atom is 0.328 e. The van der Waals surface area contributed by atoms with Gasteiger partial charge in [0.25, 0.3) is 0 Å². The molecule has 0 aliphatic carbocycles. The number of hydrogen-bond acceptors (Lipinski definition) is 3. The van der Waals surface area contributed by atoms with E-state index in [-0.39, 0.29) is 12.4 Å². The zero-order chi connectivity index (χ0) is 17.5. The first-order valence-corrected chi connectivity index (χ1v) is 8.04. The zero-order valence-corrected chi connectivity index (χ0v) is 14.5. The summed E-state index contributed by atoms with van der Waals surface area (Å²) in [5, 5.41) is 8.72. The molecular formula is C18H16BrFO4. The van der Waals surface area contributed by atoms with E-state index in [0.29, 0.717) is 33.7 Å². The van der Waals surface area contributed by atoms with E-state index in [0.717, 1.165) is 6.08 Å². The molecule has 2 aromatic carbocycles. The first kappa shape index (κ1) is 18.0. The highest BCUT2D eigenvalue weighted by atomic mass is 79.9. The first-order valence-electron chi connectivity index (χ1n) is 7.24. The van der Waals surface area contributed by atoms with E-state index in [1.54, 1.807) is 30.3 Å². The summed E-state index contributed by atoms with van der Waals surface area (Å²) in [5.41, 5.74) is 1.08. The number of ether oxygens (including phenoxy) is 2. The lowest BCUT2D eigenvalue weighted by Crippen LogP contribution is -2.02. The second kappa shape index (κ2) is 8.49. The van der Waals surface area contributed by atoms with Crippen molar-refractivity contribution in [2.45, 2.75) is 13.5 Å². The van der Waals surface area contributed by atoms with Crippen LogP contribution in [0.15, 0.2) is 46.9 Å². The molecule has 0 unspecified atom stereocenters. The Bertz CT molecular complexity index is 759. The number of benzene rings is 2. The molecule has 0 aliphatic heterocycles. The van der Waals surface area contributed by atoms with Crippen molar-refractivity contribution < 1.29 is 23.8 Å². The van der Waals surface area contributed by atoms with Crippen molar-refractivity contribution in [2.75, 3.05) is 6.61 Å². The second-order valence-corrected chi connectivity index (χ2v) is 5.67. The molecule has 2 rings (SSSR count). The number of carbonyl (C=O) groups is 1. The van der Waals surface area contributed by atoms with Gasteiger partial charge in [-0.25, -0.2) is 9.18 Å². The summed E-state index contributed by atoms with van der Waals surface area (Å²) in [6.07, 6.45) is 2.49. The highest BCUT2D eigenvalue weighted by Crippen LogP contribution is 2.38. The fourth-order valence-corrected chi connectivity index (χ4v) is 2.59. The van der Waals surface area contributed by atoms with Gasteiger partial charge in [-0.1, -0.05) is 18.2 Å². The summed E-state index contributed by atoms with van der Waals surface area (Å²) in [5.74, 6) is -0.489. The summed E-state index contributed by atoms with van der Waals surface area (Å²) in [4.78, 5) is 10.6. The van der Waals surface area contributed by atoms with Crippen LogP contribution in [0.1, 0.15) is 18.1 Å². The monoisotopic (exact) mass is 394 g/mol. The Kier molecular flexibility index (Phi) is 6.37. The van der Waals surface area contributed by atoms with Gasteiger partial charge in [-0.15, -0.1) is 0 Å². The van der Waals surface area contributed by atoms with Gasteiger partial charge in [-0.2, -0.15) is 0 Å². The van der Waals surface area contributed by atoms with E-state index in [9.17, 15) is 9.18 Å². The van der Waals surface area contributed by atoms with Crippen molar-refractivity contribution in [2.24, 2.45) is 0 Å². The third-order valence-electron chi connectivity index (χ3n) is 3.08. The molecule has 6 heteroatoms. The maximum absolute atomic E-state index is 13.7. The summed E-state index contributed by atoms with van der Waals surface area (Å²) >= 11 is 3.39. The average Bonchev–Trinajstić information content (AvgIpc) is 2.54. The fraction of sp³-hybridized carbons (Fsp3) is 0.167. The molecule has 0 spiro atoms. The third kappa shape index (κ3) is 4.83. The van der Waals surface area contributed by atoms with Crippen LogP contribution in [-0.4, -0.2) is 17.7 Å². The van der Waals surface area contributed by atoms with Crippen molar-refractivity contribution in [3.63, 3.8) is 0 Å². The topological polar surface area (TPSA) is 55.8 Å². The van der Waals surface area contributed by atoms with Crippen molar-refractivity contribution in [3.05, 3.63) is 63.9 Å². The smallest absolute Gasteiger partial charge is 0.328 e. The molecular weight excluding hydrogens is 379 g/mol. The molecule has 0 fully saturated rings. The van der Waals surface area contributed by atoms with Gasteiger partial charge in [0.15, 0.2) is 11.5 Å². The fourth-order valence-electron chi connectivity index (χ4n) is 2.02. The van der Waals surface area contributed by atoms with Gasteiger partial charge < -0.3 is 14.6 Å². The Labute approximate surface area is 147 Å². The molecule has 0 bridgehead atoms.